The van der Waals surface area contributed by atoms with E-state index in [2.05, 4.69) is 51.7 Å². The van der Waals surface area contributed by atoms with Crippen LogP contribution in [0.5, 0.6) is 0 Å². The van der Waals surface area contributed by atoms with Crippen LogP contribution in [-0.2, 0) is 16.1 Å². The predicted octanol–water partition coefficient (Wildman–Crippen LogP) is 3.71. The number of carbonyl (C=O) groups is 1. The summed E-state index contributed by atoms with van der Waals surface area (Å²) in [6.07, 6.45) is 8.51. The van der Waals surface area contributed by atoms with E-state index >= 15 is 0 Å². The first-order valence-corrected chi connectivity index (χ1v) is 12.2. The highest BCUT2D eigenvalue weighted by Gasteiger charge is 2.22. The number of pyridine rings is 1. The number of carbonyl (C=O) groups excluding carboxylic acids is 1. The largest absolute Gasteiger partial charge is 0.421 e. The van der Waals surface area contributed by atoms with Crippen LogP contribution in [-0.4, -0.2) is 56.2 Å². The molecule has 2 N–H and O–H groups in total. The highest BCUT2D eigenvalue weighted by atomic mass is 16.5. The number of hydrogen-bond donors (Lipinski definition) is 2. The molecule has 0 aromatic carbocycles. The van der Waals surface area contributed by atoms with E-state index in [-0.39, 0.29) is 5.91 Å². The molecule has 1 atom stereocenters. The molecule has 0 aliphatic carbocycles. The first-order valence-electron chi connectivity index (χ1n) is 12.2. The van der Waals surface area contributed by atoms with Crippen LogP contribution in [0, 0.1) is 12.8 Å². The maximum Gasteiger partial charge on any atom is 0.251 e. The minimum Gasteiger partial charge on any atom is -0.421 e. The van der Waals surface area contributed by atoms with Crippen LogP contribution < -0.4 is 10.6 Å². The number of amides is 1. The molecule has 10 heteroatoms. The summed E-state index contributed by atoms with van der Waals surface area (Å²) in [7, 11) is 0. The lowest BCUT2D eigenvalue weighted by molar-refractivity contribution is -0.123. The average molecular weight is 470 g/mol. The first kappa shape index (κ1) is 24.1. The quantitative estimate of drug-likeness (QED) is 0.580. The first-order chi connectivity index (χ1) is 16.5. The fourth-order valence-corrected chi connectivity index (χ4v) is 4.36. The third-order valence-electron chi connectivity index (χ3n) is 6.36. The molecule has 5 heterocycles. The van der Waals surface area contributed by atoms with Gasteiger partial charge in [-0.15, -0.1) is 10.2 Å². The Balaban J connectivity index is 0.000000231. The topological polar surface area (TPSA) is 120 Å². The molecule has 34 heavy (non-hydrogen) atoms. The van der Waals surface area contributed by atoms with Crippen molar-refractivity contribution in [3.63, 3.8) is 0 Å². The summed E-state index contributed by atoms with van der Waals surface area (Å²) >= 11 is 0. The van der Waals surface area contributed by atoms with Crippen molar-refractivity contribution >= 4 is 22.6 Å². The lowest BCUT2D eigenvalue weighted by Gasteiger charge is -2.26. The lowest BCUT2D eigenvalue weighted by atomic mass is 9.95. The van der Waals surface area contributed by atoms with Crippen molar-refractivity contribution in [3.8, 4) is 11.5 Å². The molecule has 2 aliphatic heterocycles. The molecule has 2 saturated heterocycles. The maximum absolute atomic E-state index is 10.9. The van der Waals surface area contributed by atoms with Crippen LogP contribution >= 0.6 is 0 Å². The molecule has 2 fully saturated rings. The summed E-state index contributed by atoms with van der Waals surface area (Å²) < 4.78 is 13.0. The van der Waals surface area contributed by atoms with Gasteiger partial charge >= 0.3 is 0 Å². The fraction of sp³-hybridized carbons (Fsp3) is 0.625. The van der Waals surface area contributed by atoms with E-state index in [1.807, 2.05) is 10.9 Å². The number of piperidine rings is 1. The predicted molar refractivity (Wildman–Crippen MR) is 129 cm³/mol. The molecule has 3 aromatic heterocycles. The fourth-order valence-electron chi connectivity index (χ4n) is 4.36. The van der Waals surface area contributed by atoms with E-state index in [0.717, 1.165) is 74.1 Å². The summed E-state index contributed by atoms with van der Waals surface area (Å²) in [6.45, 7) is 10.4. The Kier molecular flexibility index (Phi) is 7.77. The molecule has 1 amide bonds. The number of nitrogens with zero attached hydrogens (tertiary/aromatic N) is 5. The van der Waals surface area contributed by atoms with Gasteiger partial charge < -0.3 is 19.8 Å². The number of aromatic nitrogens is 5. The van der Waals surface area contributed by atoms with Gasteiger partial charge in [0.05, 0.1) is 22.8 Å². The number of fused-ring (bicyclic) bond motifs is 1. The molecule has 10 nitrogen and oxygen atoms in total. The van der Waals surface area contributed by atoms with Gasteiger partial charge in [0.25, 0.3) is 5.89 Å². The van der Waals surface area contributed by atoms with Crippen molar-refractivity contribution in [2.24, 2.45) is 5.92 Å². The summed E-state index contributed by atoms with van der Waals surface area (Å²) in [5.41, 5.74) is 2.62. The number of rotatable bonds is 5. The van der Waals surface area contributed by atoms with E-state index in [1.165, 1.54) is 0 Å². The Hall–Kier alpha value is -3.01. The van der Waals surface area contributed by atoms with E-state index in [4.69, 9.17) is 9.15 Å². The van der Waals surface area contributed by atoms with Gasteiger partial charge in [-0.05, 0) is 38.5 Å². The van der Waals surface area contributed by atoms with Crippen molar-refractivity contribution in [3.05, 3.63) is 18.3 Å². The Labute approximate surface area is 199 Å². The Morgan fingerprint density at radius 3 is 2.62 bits per heavy atom. The monoisotopic (exact) mass is 469 g/mol. The molecule has 184 valence electrons. The SMILES string of the molecule is CC(C)C1CCCC(=O)N1.CCn1ncc2c(NC3CCOCC3)c(-c3nnc(C)o3)cnc21. The second-order valence-corrected chi connectivity index (χ2v) is 9.21. The van der Waals surface area contributed by atoms with Crippen LogP contribution in [0.4, 0.5) is 5.69 Å². The maximum atomic E-state index is 10.9. The highest BCUT2D eigenvalue weighted by Crippen LogP contribution is 2.34. The van der Waals surface area contributed by atoms with Crippen molar-refractivity contribution in [1.29, 1.82) is 0 Å². The molecule has 0 spiro atoms. The van der Waals surface area contributed by atoms with Crippen molar-refractivity contribution in [1.82, 2.24) is 30.3 Å². The van der Waals surface area contributed by atoms with Crippen LogP contribution in [0.1, 0.15) is 58.8 Å². The molecular weight excluding hydrogens is 434 g/mol. The standard InChI is InChI=1S/C16H20N6O2.C8H15NO/c1-3-22-15-12(9-18-22)14(19-11-4-6-23-7-5-11)13(8-17-15)16-21-20-10(2)24-16;1-6(2)7-4-3-5-8(10)9-7/h8-9,11H,3-7H2,1-2H3,(H,17,19);6-7H,3-5H2,1-2H3,(H,9,10). The lowest BCUT2D eigenvalue weighted by Crippen LogP contribution is -2.41. The molecule has 2 aliphatic rings. The van der Waals surface area contributed by atoms with Gasteiger partial charge in [-0.25, -0.2) is 9.67 Å². The van der Waals surface area contributed by atoms with Gasteiger partial charge in [-0.2, -0.15) is 5.10 Å². The van der Waals surface area contributed by atoms with Crippen LogP contribution in [0.3, 0.4) is 0 Å². The minimum atomic E-state index is 0.227. The van der Waals surface area contributed by atoms with Gasteiger partial charge in [0, 0.05) is 51.4 Å². The number of ether oxygens (including phenoxy) is 1. The van der Waals surface area contributed by atoms with Gasteiger partial charge in [-0.3, -0.25) is 4.79 Å². The van der Waals surface area contributed by atoms with Crippen molar-refractivity contribution in [2.75, 3.05) is 18.5 Å². The van der Waals surface area contributed by atoms with Gasteiger partial charge in [0.1, 0.15) is 0 Å². The van der Waals surface area contributed by atoms with Crippen molar-refractivity contribution in [2.45, 2.75) is 78.4 Å². The Morgan fingerprint density at radius 1 is 1.21 bits per heavy atom. The van der Waals surface area contributed by atoms with Crippen LogP contribution in [0.25, 0.3) is 22.5 Å². The number of hydrogen-bond acceptors (Lipinski definition) is 8. The molecule has 3 aromatic rings. The number of nitrogens with one attached hydrogen (secondary N) is 2. The molecule has 0 bridgehead atoms. The zero-order chi connectivity index (χ0) is 24.1. The highest BCUT2D eigenvalue weighted by molar-refractivity contribution is 5.96. The van der Waals surface area contributed by atoms with Gasteiger partial charge in [0.2, 0.25) is 11.8 Å². The van der Waals surface area contributed by atoms with Gasteiger partial charge in [0.15, 0.2) is 5.65 Å². The molecule has 5 rings (SSSR count). The van der Waals surface area contributed by atoms with E-state index in [9.17, 15) is 4.79 Å². The van der Waals surface area contributed by atoms with Crippen LogP contribution in [0.2, 0.25) is 0 Å². The zero-order valence-electron chi connectivity index (χ0n) is 20.5. The third-order valence-corrected chi connectivity index (χ3v) is 6.36. The van der Waals surface area contributed by atoms with E-state index < -0.39 is 0 Å². The molecular formula is C24H35N7O3. The number of aryl methyl sites for hydroxylation is 2. The summed E-state index contributed by atoms with van der Waals surface area (Å²) in [6, 6.07) is 0.776. The minimum absolute atomic E-state index is 0.227. The average Bonchev–Trinajstić information content (AvgIpc) is 3.46. The summed E-state index contributed by atoms with van der Waals surface area (Å²) in [5, 5.41) is 20.1. The van der Waals surface area contributed by atoms with E-state index in [0.29, 0.717) is 29.8 Å². The third kappa shape index (κ3) is 5.55. The second-order valence-electron chi connectivity index (χ2n) is 9.21. The van der Waals surface area contributed by atoms with E-state index in [1.54, 1.807) is 13.1 Å². The second kappa shape index (κ2) is 10.9. The summed E-state index contributed by atoms with van der Waals surface area (Å²) in [4.78, 5) is 15.4. The smallest absolute Gasteiger partial charge is 0.251 e. The summed E-state index contributed by atoms with van der Waals surface area (Å²) in [5.74, 6) is 1.82. The normalized spacial score (nSPS) is 19.1. The molecule has 0 radical (unpaired) electrons. The Bertz CT molecular complexity index is 1100. The van der Waals surface area contributed by atoms with Crippen molar-refractivity contribution < 1.29 is 13.9 Å². The molecule has 0 saturated carbocycles. The molecule has 1 unspecified atom stereocenters. The van der Waals surface area contributed by atoms with Crippen LogP contribution in [0.15, 0.2) is 16.8 Å². The van der Waals surface area contributed by atoms with Gasteiger partial charge in [-0.1, -0.05) is 13.8 Å². The Morgan fingerprint density at radius 2 is 2.00 bits per heavy atom. The zero-order valence-corrected chi connectivity index (χ0v) is 20.5. The number of anilines is 1.